The SMILES string of the molecule is Cc1oc(-c2ccccc2)nc1CC(=O)NCC(C)(C)N.Cl.Cl. The Labute approximate surface area is 148 Å². The van der Waals surface area contributed by atoms with E-state index >= 15 is 0 Å². The molecule has 1 aromatic carbocycles. The molecule has 3 N–H and O–H groups in total. The minimum absolute atomic E-state index is 0. The van der Waals surface area contributed by atoms with E-state index < -0.39 is 5.54 Å². The molecule has 0 aliphatic carbocycles. The highest BCUT2D eigenvalue weighted by Crippen LogP contribution is 2.21. The lowest BCUT2D eigenvalue weighted by molar-refractivity contribution is -0.120. The highest BCUT2D eigenvalue weighted by atomic mass is 35.5. The third kappa shape index (κ3) is 6.60. The molecule has 0 aliphatic heterocycles. The zero-order valence-electron chi connectivity index (χ0n) is 13.5. The van der Waals surface area contributed by atoms with Gasteiger partial charge in [0.15, 0.2) is 0 Å². The fourth-order valence-electron chi connectivity index (χ4n) is 1.84. The molecule has 7 heteroatoms. The number of nitrogens with zero attached hydrogens (tertiary/aromatic N) is 1. The van der Waals surface area contributed by atoms with Crippen LogP contribution in [-0.2, 0) is 11.2 Å². The van der Waals surface area contributed by atoms with Gasteiger partial charge < -0.3 is 15.5 Å². The Hall–Kier alpha value is -1.56. The molecule has 23 heavy (non-hydrogen) atoms. The van der Waals surface area contributed by atoms with Gasteiger partial charge in [0.1, 0.15) is 5.76 Å². The highest BCUT2D eigenvalue weighted by molar-refractivity contribution is 5.85. The molecule has 0 fully saturated rings. The summed E-state index contributed by atoms with van der Waals surface area (Å²) in [5.41, 5.74) is 6.96. The number of carbonyl (C=O) groups excluding carboxylic acids is 1. The fraction of sp³-hybridized carbons (Fsp3) is 0.375. The van der Waals surface area contributed by atoms with Crippen molar-refractivity contribution in [3.05, 3.63) is 41.8 Å². The van der Waals surface area contributed by atoms with Gasteiger partial charge in [-0.15, -0.1) is 24.8 Å². The molecule has 0 saturated carbocycles. The maximum absolute atomic E-state index is 11.9. The Morgan fingerprint density at radius 1 is 1.26 bits per heavy atom. The van der Waals surface area contributed by atoms with Crippen LogP contribution in [0, 0.1) is 6.92 Å². The Kier molecular flexibility index (Phi) is 8.31. The molecule has 0 unspecified atom stereocenters. The lowest BCUT2D eigenvalue weighted by Gasteiger charge is -2.18. The Balaban J connectivity index is 0.00000242. The van der Waals surface area contributed by atoms with E-state index in [4.69, 9.17) is 10.2 Å². The monoisotopic (exact) mass is 359 g/mol. The van der Waals surface area contributed by atoms with E-state index in [0.29, 0.717) is 23.9 Å². The van der Waals surface area contributed by atoms with Crippen molar-refractivity contribution < 1.29 is 9.21 Å². The van der Waals surface area contributed by atoms with E-state index in [2.05, 4.69) is 10.3 Å². The van der Waals surface area contributed by atoms with Crippen LogP contribution in [0.25, 0.3) is 11.5 Å². The molecule has 0 spiro atoms. The molecule has 0 bridgehead atoms. The molecular weight excluding hydrogens is 337 g/mol. The van der Waals surface area contributed by atoms with Gasteiger partial charge in [-0.2, -0.15) is 0 Å². The maximum atomic E-state index is 11.9. The molecule has 1 heterocycles. The average molecular weight is 360 g/mol. The predicted octanol–water partition coefficient (Wildman–Crippen LogP) is 2.89. The molecule has 128 valence electrons. The van der Waals surface area contributed by atoms with Crippen LogP contribution in [0.15, 0.2) is 34.7 Å². The van der Waals surface area contributed by atoms with Gasteiger partial charge in [0.25, 0.3) is 0 Å². The van der Waals surface area contributed by atoms with E-state index in [-0.39, 0.29) is 37.1 Å². The number of carbonyl (C=O) groups is 1. The third-order valence-corrected chi connectivity index (χ3v) is 2.98. The number of halogens is 2. The first-order valence-electron chi connectivity index (χ1n) is 6.92. The van der Waals surface area contributed by atoms with Crippen molar-refractivity contribution in [2.45, 2.75) is 32.7 Å². The van der Waals surface area contributed by atoms with Crippen molar-refractivity contribution >= 4 is 30.7 Å². The minimum atomic E-state index is -0.427. The van der Waals surface area contributed by atoms with Crippen LogP contribution in [0.5, 0.6) is 0 Å². The summed E-state index contributed by atoms with van der Waals surface area (Å²) < 4.78 is 5.63. The van der Waals surface area contributed by atoms with Gasteiger partial charge in [-0.3, -0.25) is 4.79 Å². The molecule has 2 rings (SSSR count). The number of nitrogens with two attached hydrogens (primary N) is 1. The van der Waals surface area contributed by atoms with Crippen LogP contribution >= 0.6 is 24.8 Å². The molecule has 5 nitrogen and oxygen atoms in total. The van der Waals surface area contributed by atoms with Crippen molar-refractivity contribution in [2.24, 2.45) is 5.73 Å². The van der Waals surface area contributed by atoms with Gasteiger partial charge in [0, 0.05) is 17.6 Å². The summed E-state index contributed by atoms with van der Waals surface area (Å²) in [5.74, 6) is 1.09. The number of rotatable bonds is 5. The normalized spacial score (nSPS) is 10.4. The van der Waals surface area contributed by atoms with Crippen LogP contribution in [0.1, 0.15) is 25.3 Å². The topological polar surface area (TPSA) is 81.2 Å². The zero-order chi connectivity index (χ0) is 15.5. The van der Waals surface area contributed by atoms with Crippen LogP contribution in [-0.4, -0.2) is 23.0 Å². The number of hydrogen-bond donors (Lipinski definition) is 2. The molecule has 0 atom stereocenters. The second-order valence-electron chi connectivity index (χ2n) is 5.83. The summed E-state index contributed by atoms with van der Waals surface area (Å²) in [5, 5.41) is 2.80. The Bertz CT molecular complexity index is 622. The van der Waals surface area contributed by atoms with E-state index in [0.717, 1.165) is 5.56 Å². The summed E-state index contributed by atoms with van der Waals surface area (Å²) >= 11 is 0. The van der Waals surface area contributed by atoms with Crippen LogP contribution in [0.4, 0.5) is 0 Å². The molecule has 0 saturated heterocycles. The fourth-order valence-corrected chi connectivity index (χ4v) is 1.84. The summed E-state index contributed by atoms with van der Waals surface area (Å²) in [4.78, 5) is 16.3. The number of nitrogens with one attached hydrogen (secondary N) is 1. The van der Waals surface area contributed by atoms with Gasteiger partial charge in [-0.1, -0.05) is 18.2 Å². The van der Waals surface area contributed by atoms with Crippen LogP contribution < -0.4 is 11.1 Å². The van der Waals surface area contributed by atoms with E-state index in [1.54, 1.807) is 0 Å². The van der Waals surface area contributed by atoms with Crippen molar-refractivity contribution in [1.82, 2.24) is 10.3 Å². The first-order chi connectivity index (χ1) is 9.85. The van der Waals surface area contributed by atoms with Gasteiger partial charge >= 0.3 is 0 Å². The lowest BCUT2D eigenvalue weighted by Crippen LogP contribution is -2.45. The number of hydrogen-bond acceptors (Lipinski definition) is 4. The first kappa shape index (κ1) is 21.4. The average Bonchev–Trinajstić information content (AvgIpc) is 2.78. The Morgan fingerprint density at radius 3 is 2.43 bits per heavy atom. The summed E-state index contributed by atoms with van der Waals surface area (Å²) in [6, 6.07) is 9.62. The van der Waals surface area contributed by atoms with Gasteiger partial charge in [0.05, 0.1) is 12.1 Å². The summed E-state index contributed by atoms with van der Waals surface area (Å²) in [7, 11) is 0. The summed E-state index contributed by atoms with van der Waals surface area (Å²) in [6.07, 6.45) is 0.193. The third-order valence-electron chi connectivity index (χ3n) is 2.98. The maximum Gasteiger partial charge on any atom is 0.226 e. The lowest BCUT2D eigenvalue weighted by atomic mass is 10.1. The highest BCUT2D eigenvalue weighted by Gasteiger charge is 2.16. The number of aromatic nitrogens is 1. The van der Waals surface area contributed by atoms with Crippen molar-refractivity contribution in [2.75, 3.05) is 6.54 Å². The van der Waals surface area contributed by atoms with E-state index in [9.17, 15) is 4.79 Å². The van der Waals surface area contributed by atoms with Gasteiger partial charge in [-0.05, 0) is 32.9 Å². The standard InChI is InChI=1S/C16H21N3O2.2ClH/c1-11-13(9-14(20)18-10-16(2,3)17)19-15(21-11)12-7-5-4-6-8-12;;/h4-8H,9-10,17H2,1-3H3,(H,18,20);2*1H. The molecule has 0 aliphatic rings. The summed E-state index contributed by atoms with van der Waals surface area (Å²) in [6.45, 7) is 5.97. The second kappa shape index (κ2) is 8.91. The smallest absolute Gasteiger partial charge is 0.226 e. The number of aryl methyl sites for hydroxylation is 1. The van der Waals surface area contributed by atoms with Gasteiger partial charge in [-0.25, -0.2) is 4.98 Å². The number of benzene rings is 1. The van der Waals surface area contributed by atoms with Crippen molar-refractivity contribution in [3.63, 3.8) is 0 Å². The zero-order valence-corrected chi connectivity index (χ0v) is 15.1. The minimum Gasteiger partial charge on any atom is -0.441 e. The molecule has 1 aromatic heterocycles. The van der Waals surface area contributed by atoms with Crippen molar-refractivity contribution in [1.29, 1.82) is 0 Å². The number of amides is 1. The molecule has 0 radical (unpaired) electrons. The largest absolute Gasteiger partial charge is 0.441 e. The van der Waals surface area contributed by atoms with Crippen molar-refractivity contribution in [3.8, 4) is 11.5 Å². The molecule has 1 amide bonds. The van der Waals surface area contributed by atoms with Crippen LogP contribution in [0.3, 0.4) is 0 Å². The molecular formula is C16H23Cl2N3O2. The second-order valence-corrected chi connectivity index (χ2v) is 5.83. The van der Waals surface area contributed by atoms with Gasteiger partial charge in [0.2, 0.25) is 11.8 Å². The quantitative estimate of drug-likeness (QED) is 0.859. The number of oxazole rings is 1. The molecule has 2 aromatic rings. The first-order valence-corrected chi connectivity index (χ1v) is 6.92. The van der Waals surface area contributed by atoms with Crippen LogP contribution in [0.2, 0.25) is 0 Å². The van der Waals surface area contributed by atoms with E-state index in [1.165, 1.54) is 0 Å². The Morgan fingerprint density at radius 2 is 1.87 bits per heavy atom. The predicted molar refractivity (Wildman–Crippen MR) is 96.2 cm³/mol. The van der Waals surface area contributed by atoms with E-state index in [1.807, 2.05) is 51.1 Å².